The van der Waals surface area contributed by atoms with E-state index < -0.39 is 23.6 Å². The lowest BCUT2D eigenvalue weighted by atomic mass is 10.2. The average molecular weight is 394 g/mol. The van der Waals surface area contributed by atoms with E-state index in [1.54, 1.807) is 6.92 Å². The lowest BCUT2D eigenvalue weighted by Gasteiger charge is -2.25. The molecular weight excluding hydrogens is 374 g/mol. The molecule has 2 aromatic rings. The molecule has 0 bridgehead atoms. The van der Waals surface area contributed by atoms with Crippen molar-refractivity contribution in [1.82, 2.24) is 10.1 Å². The SMILES string of the molecule is Cc1cc(NC(=O)CN(C[C@H]2CCCO2)C(=O)Nc2ccc(F)cc2F)no1. The van der Waals surface area contributed by atoms with Crippen LogP contribution in [0.4, 0.5) is 25.1 Å². The maximum atomic E-state index is 13.8. The van der Waals surface area contributed by atoms with Gasteiger partial charge in [-0.15, -0.1) is 0 Å². The smallest absolute Gasteiger partial charge is 0.322 e. The summed E-state index contributed by atoms with van der Waals surface area (Å²) >= 11 is 0. The molecule has 2 N–H and O–H groups in total. The van der Waals surface area contributed by atoms with Crippen molar-refractivity contribution in [3.8, 4) is 0 Å². The lowest BCUT2D eigenvalue weighted by Crippen LogP contribution is -2.44. The van der Waals surface area contributed by atoms with E-state index in [0.717, 1.165) is 25.0 Å². The normalized spacial score (nSPS) is 16.0. The van der Waals surface area contributed by atoms with E-state index in [-0.39, 0.29) is 30.7 Å². The van der Waals surface area contributed by atoms with E-state index in [2.05, 4.69) is 15.8 Å². The van der Waals surface area contributed by atoms with Crippen molar-refractivity contribution in [3.63, 3.8) is 0 Å². The summed E-state index contributed by atoms with van der Waals surface area (Å²) in [6.45, 7) is 2.11. The van der Waals surface area contributed by atoms with Gasteiger partial charge in [-0.1, -0.05) is 5.16 Å². The van der Waals surface area contributed by atoms with E-state index in [1.165, 1.54) is 11.0 Å². The summed E-state index contributed by atoms with van der Waals surface area (Å²) in [5.41, 5.74) is -0.184. The van der Waals surface area contributed by atoms with Crippen molar-refractivity contribution >= 4 is 23.4 Å². The number of hydrogen-bond donors (Lipinski definition) is 2. The molecule has 0 radical (unpaired) electrons. The summed E-state index contributed by atoms with van der Waals surface area (Å²) in [5, 5.41) is 8.55. The van der Waals surface area contributed by atoms with Gasteiger partial charge in [0.25, 0.3) is 0 Å². The molecule has 1 fully saturated rings. The Morgan fingerprint density at radius 2 is 2.11 bits per heavy atom. The molecule has 2 heterocycles. The minimum Gasteiger partial charge on any atom is -0.376 e. The van der Waals surface area contributed by atoms with Gasteiger partial charge in [0.1, 0.15) is 23.9 Å². The van der Waals surface area contributed by atoms with Gasteiger partial charge in [0.15, 0.2) is 5.82 Å². The van der Waals surface area contributed by atoms with E-state index in [1.807, 2.05) is 0 Å². The molecule has 1 aliphatic heterocycles. The molecule has 3 amide bonds. The summed E-state index contributed by atoms with van der Waals surface area (Å²) in [6, 6.07) is 3.65. The van der Waals surface area contributed by atoms with Gasteiger partial charge in [-0.25, -0.2) is 13.6 Å². The molecule has 10 heteroatoms. The lowest BCUT2D eigenvalue weighted by molar-refractivity contribution is -0.117. The molecule has 0 unspecified atom stereocenters. The molecule has 150 valence electrons. The number of anilines is 2. The van der Waals surface area contributed by atoms with Crippen LogP contribution in [0.2, 0.25) is 0 Å². The quantitative estimate of drug-likeness (QED) is 0.785. The highest BCUT2D eigenvalue weighted by molar-refractivity contribution is 5.96. The monoisotopic (exact) mass is 394 g/mol. The third-order valence-electron chi connectivity index (χ3n) is 4.14. The van der Waals surface area contributed by atoms with Gasteiger partial charge in [-0.2, -0.15) is 0 Å². The zero-order valence-electron chi connectivity index (χ0n) is 15.2. The summed E-state index contributed by atoms with van der Waals surface area (Å²) in [4.78, 5) is 26.1. The zero-order chi connectivity index (χ0) is 20.1. The van der Waals surface area contributed by atoms with Crippen molar-refractivity contribution in [3.05, 3.63) is 41.7 Å². The molecule has 28 heavy (non-hydrogen) atoms. The molecule has 0 aliphatic carbocycles. The number of ether oxygens (including phenoxy) is 1. The van der Waals surface area contributed by atoms with Gasteiger partial charge in [0, 0.05) is 25.3 Å². The zero-order valence-corrected chi connectivity index (χ0v) is 15.2. The van der Waals surface area contributed by atoms with E-state index in [9.17, 15) is 18.4 Å². The third kappa shape index (κ3) is 5.26. The van der Waals surface area contributed by atoms with Crippen LogP contribution in [0, 0.1) is 18.6 Å². The second-order valence-electron chi connectivity index (χ2n) is 6.44. The van der Waals surface area contributed by atoms with Crippen LogP contribution in [-0.4, -0.2) is 47.8 Å². The van der Waals surface area contributed by atoms with Gasteiger partial charge < -0.3 is 24.8 Å². The minimum atomic E-state index is -0.909. The Kier molecular flexibility index (Phi) is 6.19. The minimum absolute atomic E-state index is 0.153. The number of rotatable bonds is 6. The Bertz CT molecular complexity index is 852. The second-order valence-corrected chi connectivity index (χ2v) is 6.44. The van der Waals surface area contributed by atoms with Crippen LogP contribution in [0.3, 0.4) is 0 Å². The fraction of sp³-hybridized carbons (Fsp3) is 0.389. The Labute approximate surface area is 159 Å². The fourth-order valence-electron chi connectivity index (χ4n) is 2.82. The Morgan fingerprint density at radius 3 is 2.75 bits per heavy atom. The van der Waals surface area contributed by atoms with Crippen LogP contribution >= 0.6 is 0 Å². The Morgan fingerprint density at radius 1 is 1.29 bits per heavy atom. The third-order valence-corrected chi connectivity index (χ3v) is 4.14. The summed E-state index contributed by atoms with van der Waals surface area (Å²) in [5.74, 6) is -1.41. The highest BCUT2D eigenvalue weighted by Crippen LogP contribution is 2.18. The van der Waals surface area contributed by atoms with E-state index in [0.29, 0.717) is 18.4 Å². The van der Waals surface area contributed by atoms with Crippen molar-refractivity contribution in [2.45, 2.75) is 25.9 Å². The number of carbonyl (C=O) groups is 2. The van der Waals surface area contributed by atoms with E-state index in [4.69, 9.17) is 9.26 Å². The summed E-state index contributed by atoms with van der Waals surface area (Å²) in [6.07, 6.45) is 1.39. The standard InChI is InChI=1S/C18H20F2N4O4/c1-11-7-16(23-28-11)22-17(25)10-24(9-13-3-2-6-27-13)18(26)21-15-5-4-12(19)8-14(15)20/h4-5,7-8,13H,2-3,6,9-10H2,1H3,(H,21,26)(H,22,23,25)/t13-/m1/s1. The average Bonchev–Trinajstić information content (AvgIpc) is 3.28. The van der Waals surface area contributed by atoms with Crippen LogP contribution in [0.5, 0.6) is 0 Å². The highest BCUT2D eigenvalue weighted by Gasteiger charge is 2.25. The van der Waals surface area contributed by atoms with Gasteiger partial charge in [-0.05, 0) is 31.9 Å². The number of aryl methyl sites for hydroxylation is 1. The molecule has 1 saturated heterocycles. The van der Waals surface area contributed by atoms with Crippen LogP contribution in [0.15, 0.2) is 28.8 Å². The number of aromatic nitrogens is 1. The summed E-state index contributed by atoms with van der Waals surface area (Å²) < 4.78 is 37.3. The van der Waals surface area contributed by atoms with Gasteiger partial charge in [0.2, 0.25) is 5.91 Å². The maximum Gasteiger partial charge on any atom is 0.322 e. The molecule has 8 nitrogen and oxygen atoms in total. The van der Waals surface area contributed by atoms with Crippen LogP contribution in [0.25, 0.3) is 0 Å². The number of nitrogens with zero attached hydrogens (tertiary/aromatic N) is 2. The highest BCUT2D eigenvalue weighted by atomic mass is 19.1. The number of nitrogens with one attached hydrogen (secondary N) is 2. The fourth-order valence-corrected chi connectivity index (χ4v) is 2.82. The number of benzene rings is 1. The molecule has 1 aromatic carbocycles. The first-order valence-electron chi connectivity index (χ1n) is 8.76. The number of hydrogen-bond acceptors (Lipinski definition) is 5. The van der Waals surface area contributed by atoms with Crippen LogP contribution in [0.1, 0.15) is 18.6 Å². The first-order chi connectivity index (χ1) is 13.4. The number of urea groups is 1. The van der Waals surface area contributed by atoms with Crippen molar-refractivity contribution in [1.29, 1.82) is 0 Å². The molecule has 1 atom stereocenters. The largest absolute Gasteiger partial charge is 0.376 e. The van der Waals surface area contributed by atoms with Gasteiger partial charge in [0.05, 0.1) is 11.8 Å². The molecule has 1 aliphatic rings. The molecule has 3 rings (SSSR count). The Balaban J connectivity index is 1.67. The maximum absolute atomic E-state index is 13.8. The van der Waals surface area contributed by atoms with Crippen molar-refractivity contribution < 1.29 is 27.6 Å². The molecule has 0 saturated carbocycles. The van der Waals surface area contributed by atoms with Crippen LogP contribution in [-0.2, 0) is 9.53 Å². The Hall–Kier alpha value is -3.01. The topological polar surface area (TPSA) is 96.7 Å². The van der Waals surface area contributed by atoms with Gasteiger partial charge in [-0.3, -0.25) is 4.79 Å². The van der Waals surface area contributed by atoms with Gasteiger partial charge >= 0.3 is 6.03 Å². The van der Waals surface area contributed by atoms with E-state index >= 15 is 0 Å². The van der Waals surface area contributed by atoms with Crippen molar-refractivity contribution in [2.75, 3.05) is 30.3 Å². The first kappa shape index (κ1) is 19.7. The molecule has 1 aromatic heterocycles. The number of halogens is 2. The first-order valence-corrected chi connectivity index (χ1v) is 8.76. The predicted octanol–water partition coefficient (Wildman–Crippen LogP) is 2.91. The molecular formula is C18H20F2N4O4. The molecule has 0 spiro atoms. The predicted molar refractivity (Wildman–Crippen MR) is 95.8 cm³/mol. The van der Waals surface area contributed by atoms with Crippen molar-refractivity contribution in [2.24, 2.45) is 0 Å². The van der Waals surface area contributed by atoms with Crippen LogP contribution < -0.4 is 10.6 Å². The number of carbonyl (C=O) groups excluding carboxylic acids is 2. The summed E-state index contributed by atoms with van der Waals surface area (Å²) in [7, 11) is 0. The number of amides is 3. The second kappa shape index (κ2) is 8.79.